The molecule has 8 heteroatoms. The van der Waals surface area contributed by atoms with Crippen LogP contribution >= 0.6 is 22.9 Å². The molecule has 3 heterocycles. The Morgan fingerprint density at radius 2 is 1.96 bits per heavy atom. The summed E-state index contributed by atoms with van der Waals surface area (Å²) in [5, 5.41) is 16.2. The fourth-order valence-electron chi connectivity index (χ4n) is 2.31. The number of aromatic amines is 1. The van der Waals surface area contributed by atoms with Gasteiger partial charge in [0.25, 0.3) is 0 Å². The highest BCUT2D eigenvalue weighted by molar-refractivity contribution is 7.18. The Bertz CT molecular complexity index is 935. The van der Waals surface area contributed by atoms with Gasteiger partial charge in [0, 0.05) is 17.0 Å². The highest BCUT2D eigenvalue weighted by Crippen LogP contribution is 2.34. The van der Waals surface area contributed by atoms with Gasteiger partial charge in [-0.25, -0.2) is 9.97 Å². The third-order valence-electron chi connectivity index (χ3n) is 3.44. The first-order valence-corrected chi connectivity index (χ1v) is 8.36. The van der Waals surface area contributed by atoms with Crippen LogP contribution in [0, 0.1) is 0 Å². The van der Waals surface area contributed by atoms with Crippen LogP contribution in [0.5, 0.6) is 0 Å². The molecule has 0 aliphatic carbocycles. The molecule has 0 spiro atoms. The molecule has 1 N–H and O–H groups in total. The van der Waals surface area contributed by atoms with E-state index in [-0.39, 0.29) is 0 Å². The zero-order valence-electron chi connectivity index (χ0n) is 12.3. The summed E-state index contributed by atoms with van der Waals surface area (Å²) in [5.41, 5.74) is 2.99. The summed E-state index contributed by atoms with van der Waals surface area (Å²) >= 11 is 7.52. The van der Waals surface area contributed by atoms with E-state index < -0.39 is 0 Å². The summed E-state index contributed by atoms with van der Waals surface area (Å²) in [5.74, 6) is 0.713. The second kappa shape index (κ2) is 6.46. The minimum Gasteiger partial charge on any atom is -0.259 e. The van der Waals surface area contributed by atoms with Crippen molar-refractivity contribution in [3.8, 4) is 21.3 Å². The van der Waals surface area contributed by atoms with Crippen molar-refractivity contribution in [2.24, 2.45) is 0 Å². The van der Waals surface area contributed by atoms with E-state index >= 15 is 0 Å². The molecule has 0 radical (unpaired) electrons. The van der Waals surface area contributed by atoms with E-state index in [9.17, 15) is 0 Å². The lowest BCUT2D eigenvalue weighted by molar-refractivity contribution is 1.03. The number of thiazole rings is 1. The number of nitrogens with one attached hydrogen (secondary N) is 1. The molecule has 24 heavy (non-hydrogen) atoms. The van der Waals surface area contributed by atoms with E-state index in [1.165, 1.54) is 6.33 Å². The van der Waals surface area contributed by atoms with Crippen LogP contribution in [0.15, 0.2) is 49.1 Å². The lowest BCUT2D eigenvalue weighted by Gasteiger charge is -2.01. The molecular weight excluding hydrogens is 344 g/mol. The molecule has 0 amide bonds. The molecule has 0 fully saturated rings. The normalized spacial score (nSPS) is 10.9. The van der Waals surface area contributed by atoms with Gasteiger partial charge in [-0.1, -0.05) is 23.7 Å². The molecule has 6 nitrogen and oxygen atoms in total. The summed E-state index contributed by atoms with van der Waals surface area (Å²) in [7, 11) is 0. The molecule has 0 aliphatic heterocycles. The van der Waals surface area contributed by atoms with Crippen LogP contribution in [0.4, 0.5) is 0 Å². The fraction of sp³-hybridized carbons (Fsp3) is 0.0625. The van der Waals surface area contributed by atoms with Gasteiger partial charge in [0.15, 0.2) is 5.82 Å². The van der Waals surface area contributed by atoms with Crippen LogP contribution in [-0.2, 0) is 6.42 Å². The lowest BCUT2D eigenvalue weighted by Crippen LogP contribution is -1.92. The third-order valence-corrected chi connectivity index (χ3v) is 4.85. The Labute approximate surface area is 146 Å². The van der Waals surface area contributed by atoms with Crippen LogP contribution in [-0.4, -0.2) is 30.4 Å². The van der Waals surface area contributed by atoms with E-state index in [0.29, 0.717) is 12.2 Å². The number of halogens is 1. The third kappa shape index (κ3) is 3.04. The van der Waals surface area contributed by atoms with Gasteiger partial charge in [-0.05, 0) is 23.8 Å². The summed E-state index contributed by atoms with van der Waals surface area (Å²) in [6, 6.07) is 9.65. The van der Waals surface area contributed by atoms with E-state index in [4.69, 9.17) is 16.6 Å². The predicted octanol–water partition coefficient (Wildman–Crippen LogP) is 3.63. The van der Waals surface area contributed by atoms with E-state index in [1.54, 1.807) is 23.7 Å². The van der Waals surface area contributed by atoms with E-state index in [1.807, 2.05) is 30.3 Å². The molecule has 0 saturated carbocycles. The van der Waals surface area contributed by atoms with E-state index in [2.05, 4.69) is 25.4 Å². The Kier molecular flexibility index (Phi) is 4.02. The number of rotatable bonds is 4. The zero-order valence-corrected chi connectivity index (χ0v) is 13.9. The minimum atomic E-state index is 0.683. The maximum atomic E-state index is 5.96. The Hall–Kier alpha value is -2.64. The van der Waals surface area contributed by atoms with Crippen molar-refractivity contribution < 1.29 is 0 Å². The van der Waals surface area contributed by atoms with Crippen molar-refractivity contribution in [2.75, 3.05) is 0 Å². The number of aromatic nitrogens is 6. The molecule has 0 saturated heterocycles. The average Bonchev–Trinajstić information content (AvgIpc) is 3.27. The van der Waals surface area contributed by atoms with Gasteiger partial charge in [0.05, 0.1) is 23.0 Å². The molecule has 118 valence electrons. The Balaban J connectivity index is 1.76. The highest BCUT2D eigenvalue weighted by atomic mass is 35.5. The van der Waals surface area contributed by atoms with Gasteiger partial charge >= 0.3 is 0 Å². The number of hydrogen-bond donors (Lipinski definition) is 1. The van der Waals surface area contributed by atoms with Gasteiger partial charge in [0.2, 0.25) is 0 Å². The van der Waals surface area contributed by atoms with Crippen molar-refractivity contribution in [1.82, 2.24) is 30.4 Å². The second-order valence-corrected chi connectivity index (χ2v) is 6.50. The summed E-state index contributed by atoms with van der Waals surface area (Å²) in [6.45, 7) is 0. The Morgan fingerprint density at radius 3 is 2.67 bits per heavy atom. The maximum absolute atomic E-state index is 5.96. The molecule has 1 aromatic carbocycles. The van der Waals surface area contributed by atoms with Gasteiger partial charge in [-0.3, -0.25) is 5.10 Å². The first kappa shape index (κ1) is 14.9. The lowest BCUT2D eigenvalue weighted by atomic mass is 10.1. The zero-order chi connectivity index (χ0) is 16.4. The SMILES string of the molecule is Clc1ccc(Cc2nc(-c3ccnnc3)sc2-c2ncn[nH]2)cc1. The van der Waals surface area contributed by atoms with Gasteiger partial charge in [0.1, 0.15) is 11.3 Å². The molecule has 0 atom stereocenters. The molecule has 3 aromatic heterocycles. The van der Waals surface area contributed by atoms with Gasteiger partial charge in [-0.2, -0.15) is 15.3 Å². The van der Waals surface area contributed by atoms with Crippen LogP contribution in [0.1, 0.15) is 11.3 Å². The smallest absolute Gasteiger partial charge is 0.167 e. The molecule has 0 bridgehead atoms. The second-order valence-electron chi connectivity index (χ2n) is 5.06. The van der Waals surface area contributed by atoms with Crippen LogP contribution < -0.4 is 0 Å². The van der Waals surface area contributed by atoms with Crippen molar-refractivity contribution in [3.05, 3.63) is 65.3 Å². The molecule has 4 aromatic rings. The topological polar surface area (TPSA) is 80.2 Å². The fourth-order valence-corrected chi connectivity index (χ4v) is 3.45. The standard InChI is InChI=1S/C16H11ClN6S/c17-12-3-1-10(2-4-12)7-13-14(15-18-9-21-23-15)24-16(22-13)11-5-6-19-20-8-11/h1-6,8-9H,7H2,(H,18,21,23). The van der Waals surface area contributed by atoms with Crippen molar-refractivity contribution >= 4 is 22.9 Å². The molecule has 0 unspecified atom stereocenters. The predicted molar refractivity (Wildman–Crippen MR) is 92.8 cm³/mol. The van der Waals surface area contributed by atoms with Crippen LogP contribution in [0.25, 0.3) is 21.3 Å². The molecule has 0 aliphatic rings. The summed E-state index contributed by atoms with van der Waals surface area (Å²) in [4.78, 5) is 10.0. The quantitative estimate of drug-likeness (QED) is 0.605. The number of nitrogens with zero attached hydrogens (tertiary/aromatic N) is 5. The van der Waals surface area contributed by atoms with Crippen LogP contribution in [0.3, 0.4) is 0 Å². The Morgan fingerprint density at radius 1 is 1.08 bits per heavy atom. The molecular formula is C16H11ClN6S. The van der Waals surface area contributed by atoms with E-state index in [0.717, 1.165) is 31.7 Å². The van der Waals surface area contributed by atoms with Crippen molar-refractivity contribution in [2.45, 2.75) is 6.42 Å². The first-order valence-electron chi connectivity index (χ1n) is 7.16. The van der Waals surface area contributed by atoms with Crippen molar-refractivity contribution in [1.29, 1.82) is 0 Å². The number of benzene rings is 1. The molecule has 4 rings (SSSR count). The summed E-state index contributed by atoms with van der Waals surface area (Å²) < 4.78 is 0. The largest absolute Gasteiger partial charge is 0.259 e. The summed E-state index contributed by atoms with van der Waals surface area (Å²) in [6.07, 6.45) is 5.54. The highest BCUT2D eigenvalue weighted by Gasteiger charge is 2.17. The van der Waals surface area contributed by atoms with Gasteiger partial charge < -0.3 is 0 Å². The monoisotopic (exact) mass is 354 g/mol. The maximum Gasteiger partial charge on any atom is 0.167 e. The minimum absolute atomic E-state index is 0.683. The first-order chi connectivity index (χ1) is 11.8. The van der Waals surface area contributed by atoms with Crippen molar-refractivity contribution in [3.63, 3.8) is 0 Å². The average molecular weight is 355 g/mol. The number of H-pyrrole nitrogens is 1. The van der Waals surface area contributed by atoms with Gasteiger partial charge in [-0.15, -0.1) is 11.3 Å². The number of hydrogen-bond acceptors (Lipinski definition) is 6. The van der Waals surface area contributed by atoms with Crippen LogP contribution in [0.2, 0.25) is 5.02 Å².